The van der Waals surface area contributed by atoms with Crippen molar-refractivity contribution >= 4 is 29.3 Å². The topological polar surface area (TPSA) is 98.8 Å². The molecule has 3 heterocycles. The standard InChI is InChI=1S/C25H23F3N4O4/c26-25(27,28)16-12-31(13-16)11-15-6-4-14(5-7-15)10-29-18-3-1-2-17-21(18)24(36)32(23(17)35)19-8-9-20(33)30-22(19)34/h1-7,16,19,29H,8-13H2,(H,30,33,34). The lowest BCUT2D eigenvalue weighted by molar-refractivity contribution is -0.210. The Bertz CT molecular complexity index is 1240. The van der Waals surface area contributed by atoms with Crippen LogP contribution in [0.4, 0.5) is 18.9 Å². The van der Waals surface area contributed by atoms with E-state index in [0.717, 1.165) is 16.0 Å². The van der Waals surface area contributed by atoms with Crippen molar-refractivity contribution in [1.82, 2.24) is 15.1 Å². The molecule has 2 aromatic carbocycles. The van der Waals surface area contributed by atoms with Crippen molar-refractivity contribution in [2.45, 2.75) is 38.1 Å². The number of carbonyl (C=O) groups excluding carboxylic acids is 4. The van der Waals surface area contributed by atoms with Gasteiger partial charge < -0.3 is 5.32 Å². The molecule has 36 heavy (non-hydrogen) atoms. The van der Waals surface area contributed by atoms with E-state index >= 15 is 0 Å². The molecule has 8 nitrogen and oxygen atoms in total. The van der Waals surface area contributed by atoms with Gasteiger partial charge in [0.25, 0.3) is 11.8 Å². The molecule has 0 aliphatic carbocycles. The predicted octanol–water partition coefficient (Wildman–Crippen LogP) is 2.69. The fourth-order valence-corrected chi connectivity index (χ4v) is 4.79. The van der Waals surface area contributed by atoms with Crippen molar-refractivity contribution in [3.05, 3.63) is 64.7 Å². The van der Waals surface area contributed by atoms with Crippen LogP contribution in [0.25, 0.3) is 0 Å². The Kier molecular flexibility index (Phi) is 6.03. The highest BCUT2D eigenvalue weighted by Gasteiger charge is 2.47. The summed E-state index contributed by atoms with van der Waals surface area (Å²) in [7, 11) is 0. The first-order valence-electron chi connectivity index (χ1n) is 11.6. The summed E-state index contributed by atoms with van der Waals surface area (Å²) in [5.74, 6) is -3.51. The summed E-state index contributed by atoms with van der Waals surface area (Å²) in [5.41, 5.74) is 2.61. The van der Waals surface area contributed by atoms with Crippen LogP contribution < -0.4 is 10.6 Å². The van der Waals surface area contributed by atoms with Crippen LogP contribution in [0.5, 0.6) is 0 Å². The third kappa shape index (κ3) is 4.46. The SMILES string of the molecule is O=C1CCC(N2C(=O)c3cccc(NCc4ccc(CN5CC(C(F)(F)F)C5)cc4)c3C2=O)C(=O)N1. The molecule has 0 aromatic heterocycles. The number of hydrogen-bond acceptors (Lipinski definition) is 6. The number of carbonyl (C=O) groups is 4. The average molecular weight is 500 g/mol. The fourth-order valence-electron chi connectivity index (χ4n) is 4.79. The van der Waals surface area contributed by atoms with Crippen LogP contribution in [0.15, 0.2) is 42.5 Å². The number of imide groups is 2. The van der Waals surface area contributed by atoms with Gasteiger partial charge >= 0.3 is 6.18 Å². The van der Waals surface area contributed by atoms with Crippen LogP contribution in [-0.4, -0.2) is 58.7 Å². The van der Waals surface area contributed by atoms with Gasteiger partial charge in [-0.15, -0.1) is 0 Å². The number of piperidine rings is 1. The number of halogens is 3. The number of benzene rings is 2. The van der Waals surface area contributed by atoms with Crippen LogP contribution in [0.3, 0.4) is 0 Å². The van der Waals surface area contributed by atoms with Gasteiger partial charge in [0, 0.05) is 38.3 Å². The molecule has 3 aliphatic rings. The molecule has 11 heteroatoms. The van der Waals surface area contributed by atoms with Crippen molar-refractivity contribution in [2.75, 3.05) is 18.4 Å². The maximum atomic E-state index is 13.2. The molecule has 2 aromatic rings. The van der Waals surface area contributed by atoms with Crippen molar-refractivity contribution in [2.24, 2.45) is 5.92 Å². The molecule has 188 valence electrons. The minimum atomic E-state index is -4.14. The lowest BCUT2D eigenvalue weighted by Gasteiger charge is -2.40. The number of hydrogen-bond donors (Lipinski definition) is 2. The molecule has 4 amide bonds. The van der Waals surface area contributed by atoms with E-state index in [1.165, 1.54) is 6.07 Å². The highest BCUT2D eigenvalue weighted by Crippen LogP contribution is 2.34. The van der Waals surface area contributed by atoms with Gasteiger partial charge in [0.05, 0.1) is 17.0 Å². The first kappa shape index (κ1) is 24.0. The van der Waals surface area contributed by atoms with Gasteiger partial charge in [-0.3, -0.25) is 34.3 Å². The Morgan fingerprint density at radius 1 is 0.944 bits per heavy atom. The highest BCUT2D eigenvalue weighted by atomic mass is 19.4. The van der Waals surface area contributed by atoms with E-state index in [-0.39, 0.29) is 37.1 Å². The Labute approximate surface area is 204 Å². The molecule has 1 unspecified atom stereocenters. The second kappa shape index (κ2) is 9.05. The predicted molar refractivity (Wildman–Crippen MR) is 122 cm³/mol. The van der Waals surface area contributed by atoms with E-state index in [0.29, 0.717) is 18.8 Å². The van der Waals surface area contributed by atoms with Crippen molar-refractivity contribution < 1.29 is 32.3 Å². The zero-order valence-electron chi connectivity index (χ0n) is 19.1. The van der Waals surface area contributed by atoms with Gasteiger partial charge in [-0.05, 0) is 29.7 Å². The maximum Gasteiger partial charge on any atom is 0.394 e. The average Bonchev–Trinajstić information content (AvgIpc) is 3.05. The fraction of sp³-hybridized carbons (Fsp3) is 0.360. The van der Waals surface area contributed by atoms with Gasteiger partial charge in [-0.25, -0.2) is 0 Å². The molecule has 2 fully saturated rings. The molecule has 0 bridgehead atoms. The molecule has 0 saturated carbocycles. The number of amides is 4. The summed E-state index contributed by atoms with van der Waals surface area (Å²) < 4.78 is 38.0. The minimum absolute atomic E-state index is 0.00845. The van der Waals surface area contributed by atoms with E-state index in [9.17, 15) is 32.3 Å². The van der Waals surface area contributed by atoms with Gasteiger partial charge in [0.2, 0.25) is 11.8 Å². The molecule has 0 spiro atoms. The van der Waals surface area contributed by atoms with E-state index < -0.39 is 41.8 Å². The molecular formula is C25H23F3N4O4. The second-order valence-electron chi connectivity index (χ2n) is 9.28. The molecule has 3 aliphatic heterocycles. The zero-order valence-corrected chi connectivity index (χ0v) is 19.1. The third-order valence-corrected chi connectivity index (χ3v) is 6.80. The van der Waals surface area contributed by atoms with Crippen molar-refractivity contribution in [3.8, 4) is 0 Å². The van der Waals surface area contributed by atoms with Crippen LogP contribution in [0, 0.1) is 5.92 Å². The number of alkyl halides is 3. The van der Waals surface area contributed by atoms with Crippen LogP contribution >= 0.6 is 0 Å². The molecular weight excluding hydrogens is 477 g/mol. The second-order valence-corrected chi connectivity index (χ2v) is 9.28. The largest absolute Gasteiger partial charge is 0.394 e. The molecule has 2 saturated heterocycles. The summed E-state index contributed by atoms with van der Waals surface area (Å²) in [4.78, 5) is 52.5. The van der Waals surface area contributed by atoms with Gasteiger partial charge in [-0.1, -0.05) is 30.3 Å². The van der Waals surface area contributed by atoms with Crippen LogP contribution in [0.1, 0.15) is 44.7 Å². The molecule has 5 rings (SSSR count). The maximum absolute atomic E-state index is 13.2. The normalized spacial score (nSPS) is 20.9. The van der Waals surface area contributed by atoms with E-state index in [2.05, 4.69) is 10.6 Å². The van der Waals surface area contributed by atoms with Crippen LogP contribution in [0.2, 0.25) is 0 Å². The number of fused-ring (bicyclic) bond motifs is 1. The van der Waals surface area contributed by atoms with Gasteiger partial charge in [-0.2, -0.15) is 13.2 Å². The minimum Gasteiger partial charge on any atom is -0.380 e. The van der Waals surface area contributed by atoms with Crippen molar-refractivity contribution in [1.29, 1.82) is 0 Å². The van der Waals surface area contributed by atoms with E-state index in [4.69, 9.17) is 0 Å². The van der Waals surface area contributed by atoms with Crippen LogP contribution in [-0.2, 0) is 22.7 Å². The summed E-state index contributed by atoms with van der Waals surface area (Å²) in [5, 5.41) is 5.34. The molecule has 2 N–H and O–H groups in total. The number of nitrogens with zero attached hydrogens (tertiary/aromatic N) is 2. The Hall–Kier alpha value is -3.73. The van der Waals surface area contributed by atoms with Gasteiger partial charge in [0.15, 0.2) is 0 Å². The highest BCUT2D eigenvalue weighted by molar-refractivity contribution is 6.25. The Balaban J connectivity index is 1.23. The Morgan fingerprint density at radius 2 is 1.64 bits per heavy atom. The smallest absolute Gasteiger partial charge is 0.380 e. The molecule has 1 atom stereocenters. The lowest BCUT2D eigenvalue weighted by Crippen LogP contribution is -2.54. The van der Waals surface area contributed by atoms with E-state index in [1.54, 1.807) is 17.0 Å². The summed E-state index contributed by atoms with van der Waals surface area (Å²) >= 11 is 0. The molecule has 0 radical (unpaired) electrons. The summed E-state index contributed by atoms with van der Waals surface area (Å²) in [6.45, 7) is 0.804. The van der Waals surface area contributed by atoms with Gasteiger partial charge in [0.1, 0.15) is 6.04 Å². The van der Waals surface area contributed by atoms with Crippen molar-refractivity contribution in [3.63, 3.8) is 0 Å². The monoisotopic (exact) mass is 500 g/mol. The number of anilines is 1. The number of rotatable bonds is 6. The number of likely N-dealkylation sites (tertiary alicyclic amines) is 1. The lowest BCUT2D eigenvalue weighted by atomic mass is 9.98. The first-order chi connectivity index (χ1) is 17.1. The summed E-state index contributed by atoms with van der Waals surface area (Å²) in [6.07, 6.45) is -4.01. The third-order valence-electron chi connectivity index (χ3n) is 6.80. The number of nitrogens with one attached hydrogen (secondary N) is 2. The summed E-state index contributed by atoms with van der Waals surface area (Å²) in [6, 6.07) is 11.2. The van der Waals surface area contributed by atoms with E-state index in [1.807, 2.05) is 24.3 Å². The Morgan fingerprint density at radius 3 is 2.31 bits per heavy atom. The quantitative estimate of drug-likeness (QED) is 0.592. The zero-order chi connectivity index (χ0) is 25.6. The first-order valence-corrected chi connectivity index (χ1v) is 11.6.